The third-order valence-corrected chi connectivity index (χ3v) is 5.44. The Morgan fingerprint density at radius 1 is 0.833 bits per heavy atom. The molecule has 0 unspecified atom stereocenters. The first kappa shape index (κ1) is 17.4. The van der Waals surface area contributed by atoms with Crippen molar-refractivity contribution < 1.29 is 0 Å². The minimum atomic E-state index is 0.646. The third kappa shape index (κ3) is 5.03. The molecular weight excluding hydrogens is 292 g/mol. The predicted octanol–water partition coefficient (Wildman–Crippen LogP) is 6.60. The van der Waals surface area contributed by atoms with Crippen molar-refractivity contribution >= 4 is 17.5 Å². The molecule has 1 aromatic carbocycles. The molecule has 0 atom stereocenters. The Kier molecular flexibility index (Phi) is 6.23. The van der Waals surface area contributed by atoms with Crippen LogP contribution in [0.25, 0.3) is 6.08 Å². The van der Waals surface area contributed by atoms with Crippen molar-refractivity contribution in [2.24, 2.45) is 0 Å². The van der Waals surface area contributed by atoms with Crippen molar-refractivity contribution in [2.75, 3.05) is 10.6 Å². The molecule has 2 aliphatic carbocycles. The lowest BCUT2D eigenvalue weighted by Crippen LogP contribution is -2.24. The van der Waals surface area contributed by atoms with E-state index < -0.39 is 0 Å². The lowest BCUT2D eigenvalue weighted by atomic mass is 9.94. The number of allylic oxidation sites excluding steroid dienone is 1. The summed E-state index contributed by atoms with van der Waals surface area (Å²) in [5, 5.41) is 7.63. The van der Waals surface area contributed by atoms with Crippen molar-refractivity contribution in [3.63, 3.8) is 0 Å². The second-order valence-corrected chi connectivity index (χ2v) is 7.98. The van der Waals surface area contributed by atoms with Gasteiger partial charge in [-0.25, -0.2) is 0 Å². The summed E-state index contributed by atoms with van der Waals surface area (Å²) in [6.45, 7) is 4.36. The van der Waals surface area contributed by atoms with Gasteiger partial charge in [-0.1, -0.05) is 56.2 Å². The summed E-state index contributed by atoms with van der Waals surface area (Å²) in [6, 6.07) is 8.19. The van der Waals surface area contributed by atoms with Crippen LogP contribution in [0, 0.1) is 0 Å². The molecule has 0 spiro atoms. The molecule has 2 aliphatic rings. The van der Waals surface area contributed by atoms with Crippen LogP contribution in [0.5, 0.6) is 0 Å². The fourth-order valence-corrected chi connectivity index (χ4v) is 4.16. The molecule has 2 heteroatoms. The Morgan fingerprint density at radius 3 is 2.00 bits per heavy atom. The number of rotatable bonds is 5. The van der Waals surface area contributed by atoms with Crippen LogP contribution in [-0.4, -0.2) is 12.1 Å². The molecular formula is C22H34N2. The van der Waals surface area contributed by atoms with E-state index in [-0.39, 0.29) is 0 Å². The molecule has 1 aromatic rings. The van der Waals surface area contributed by atoms with Gasteiger partial charge >= 0.3 is 0 Å². The molecule has 2 N–H and O–H groups in total. The highest BCUT2D eigenvalue weighted by Gasteiger charge is 2.16. The van der Waals surface area contributed by atoms with Crippen molar-refractivity contribution in [3.05, 3.63) is 29.3 Å². The van der Waals surface area contributed by atoms with E-state index in [1.807, 2.05) is 0 Å². The summed E-state index contributed by atoms with van der Waals surface area (Å²) in [5.41, 5.74) is 5.28. The van der Waals surface area contributed by atoms with Crippen LogP contribution >= 0.6 is 0 Å². The fourth-order valence-electron chi connectivity index (χ4n) is 4.16. The number of hydrogen-bond donors (Lipinski definition) is 2. The van der Waals surface area contributed by atoms with Gasteiger partial charge in [0.15, 0.2) is 0 Å². The average Bonchev–Trinajstić information content (AvgIpc) is 2.59. The van der Waals surface area contributed by atoms with E-state index >= 15 is 0 Å². The summed E-state index contributed by atoms with van der Waals surface area (Å²) in [4.78, 5) is 0. The Balaban J connectivity index is 1.75. The van der Waals surface area contributed by atoms with Gasteiger partial charge in [-0.15, -0.1) is 0 Å². The summed E-state index contributed by atoms with van der Waals surface area (Å²) in [7, 11) is 0. The number of hydrogen-bond acceptors (Lipinski definition) is 2. The standard InChI is InChI=1S/C22H34N2/c1-17(2)15-18-13-14-21(23-19-9-5-3-6-10-19)16-22(18)24-20-11-7-4-8-12-20/h13-16,19-20,23-24H,3-12H2,1-2H3. The van der Waals surface area contributed by atoms with Gasteiger partial charge in [-0.05, 0) is 57.2 Å². The second kappa shape index (κ2) is 8.60. The van der Waals surface area contributed by atoms with Gasteiger partial charge in [0.1, 0.15) is 0 Å². The highest BCUT2D eigenvalue weighted by atomic mass is 14.9. The van der Waals surface area contributed by atoms with Crippen molar-refractivity contribution in [3.8, 4) is 0 Å². The van der Waals surface area contributed by atoms with Gasteiger partial charge in [0.05, 0.1) is 0 Å². The maximum Gasteiger partial charge on any atom is 0.0436 e. The van der Waals surface area contributed by atoms with Crippen molar-refractivity contribution in [1.82, 2.24) is 0 Å². The van der Waals surface area contributed by atoms with Gasteiger partial charge in [-0.3, -0.25) is 0 Å². The Bertz CT molecular complexity index is 545. The molecule has 0 amide bonds. The summed E-state index contributed by atoms with van der Waals surface area (Å²) in [5.74, 6) is 0. The largest absolute Gasteiger partial charge is 0.382 e. The van der Waals surface area contributed by atoms with Crippen LogP contribution in [0.3, 0.4) is 0 Å². The first-order chi connectivity index (χ1) is 11.7. The van der Waals surface area contributed by atoms with Crippen molar-refractivity contribution in [1.29, 1.82) is 0 Å². The van der Waals surface area contributed by atoms with Gasteiger partial charge in [-0.2, -0.15) is 0 Å². The molecule has 2 fully saturated rings. The average molecular weight is 327 g/mol. The Labute approximate surface area is 148 Å². The molecule has 3 rings (SSSR count). The zero-order valence-corrected chi connectivity index (χ0v) is 15.5. The van der Waals surface area contributed by atoms with Crippen LogP contribution in [0.2, 0.25) is 0 Å². The smallest absolute Gasteiger partial charge is 0.0436 e. The monoisotopic (exact) mass is 326 g/mol. The molecule has 2 saturated carbocycles. The number of nitrogens with one attached hydrogen (secondary N) is 2. The lowest BCUT2D eigenvalue weighted by Gasteiger charge is -2.27. The second-order valence-electron chi connectivity index (χ2n) is 7.98. The minimum absolute atomic E-state index is 0.646. The van der Waals surface area contributed by atoms with Gasteiger partial charge < -0.3 is 10.6 Å². The normalized spacial score (nSPS) is 19.8. The minimum Gasteiger partial charge on any atom is -0.382 e. The molecule has 132 valence electrons. The van der Waals surface area contributed by atoms with Crippen LogP contribution in [0.15, 0.2) is 23.8 Å². The molecule has 0 saturated heterocycles. The predicted molar refractivity (Wildman–Crippen MR) is 107 cm³/mol. The first-order valence-corrected chi connectivity index (χ1v) is 10.0. The SMILES string of the molecule is CC(C)=Cc1ccc(NC2CCCCC2)cc1NC1CCCCC1. The summed E-state index contributed by atoms with van der Waals surface area (Å²) < 4.78 is 0. The Morgan fingerprint density at radius 2 is 1.42 bits per heavy atom. The highest BCUT2D eigenvalue weighted by molar-refractivity contribution is 5.72. The zero-order valence-electron chi connectivity index (χ0n) is 15.5. The molecule has 0 heterocycles. The zero-order chi connectivity index (χ0) is 16.8. The van der Waals surface area contributed by atoms with E-state index in [0.717, 1.165) is 0 Å². The van der Waals surface area contributed by atoms with Gasteiger partial charge in [0.2, 0.25) is 0 Å². The van der Waals surface area contributed by atoms with Crippen LogP contribution in [-0.2, 0) is 0 Å². The van der Waals surface area contributed by atoms with Gasteiger partial charge in [0.25, 0.3) is 0 Å². The van der Waals surface area contributed by atoms with Crippen LogP contribution < -0.4 is 10.6 Å². The molecule has 0 radical (unpaired) electrons. The number of anilines is 2. The van der Waals surface area contributed by atoms with E-state index in [1.54, 1.807) is 0 Å². The van der Waals surface area contributed by atoms with E-state index in [4.69, 9.17) is 0 Å². The van der Waals surface area contributed by atoms with Crippen LogP contribution in [0.1, 0.15) is 83.6 Å². The topological polar surface area (TPSA) is 24.1 Å². The third-order valence-electron chi connectivity index (χ3n) is 5.44. The Hall–Kier alpha value is -1.44. The molecule has 0 aromatic heterocycles. The van der Waals surface area contributed by atoms with E-state index in [9.17, 15) is 0 Å². The highest BCUT2D eigenvalue weighted by Crippen LogP contribution is 2.29. The fraction of sp³-hybridized carbons (Fsp3) is 0.636. The summed E-state index contributed by atoms with van der Waals surface area (Å²) >= 11 is 0. The van der Waals surface area contributed by atoms with Crippen LogP contribution in [0.4, 0.5) is 11.4 Å². The maximum absolute atomic E-state index is 3.85. The molecule has 2 nitrogen and oxygen atoms in total. The van der Waals surface area contributed by atoms with Gasteiger partial charge in [0, 0.05) is 23.5 Å². The number of benzene rings is 1. The van der Waals surface area contributed by atoms with Crippen molar-refractivity contribution in [2.45, 2.75) is 90.1 Å². The van der Waals surface area contributed by atoms with E-state index in [1.165, 1.54) is 86.7 Å². The lowest BCUT2D eigenvalue weighted by molar-refractivity contribution is 0.461. The molecule has 0 aliphatic heterocycles. The molecule has 0 bridgehead atoms. The van der Waals surface area contributed by atoms with E-state index in [2.05, 4.69) is 48.8 Å². The summed E-state index contributed by atoms with van der Waals surface area (Å²) in [6.07, 6.45) is 15.9. The van der Waals surface area contributed by atoms with E-state index in [0.29, 0.717) is 12.1 Å². The quantitative estimate of drug-likeness (QED) is 0.637. The molecule has 24 heavy (non-hydrogen) atoms. The first-order valence-electron chi connectivity index (χ1n) is 10.0. The maximum atomic E-state index is 3.85.